The number of piperazine rings is 1. The molecule has 1 saturated heterocycles. The molecular formula is C25H29ClN4O2. The standard InChI is InChI=1S/C25H29ClN4O2/c1-3-28-11-13-29(14-12-28)24(20-6-8-21(26)9-7-20)23-22(31)15-18(2)30(25(23)32)17-19-5-4-10-27-16-19/h4-10,15-16,24,31H,3,11-14,17H2,1-2H3/t24-/m0/s1. The van der Waals surface area contributed by atoms with E-state index < -0.39 is 0 Å². The largest absolute Gasteiger partial charge is 0.507 e. The topological polar surface area (TPSA) is 61.6 Å². The summed E-state index contributed by atoms with van der Waals surface area (Å²) in [6.07, 6.45) is 3.48. The molecule has 3 heterocycles. The summed E-state index contributed by atoms with van der Waals surface area (Å²) < 4.78 is 1.72. The van der Waals surface area contributed by atoms with Crippen molar-refractivity contribution >= 4 is 11.6 Å². The van der Waals surface area contributed by atoms with Crippen LogP contribution in [-0.4, -0.2) is 57.2 Å². The monoisotopic (exact) mass is 452 g/mol. The van der Waals surface area contributed by atoms with Crippen LogP contribution in [0.2, 0.25) is 5.02 Å². The highest BCUT2D eigenvalue weighted by molar-refractivity contribution is 6.30. The van der Waals surface area contributed by atoms with Gasteiger partial charge in [0.1, 0.15) is 5.75 Å². The van der Waals surface area contributed by atoms with E-state index in [-0.39, 0.29) is 17.4 Å². The first-order valence-corrected chi connectivity index (χ1v) is 11.4. The number of halogens is 1. The smallest absolute Gasteiger partial charge is 0.259 e. The molecule has 0 radical (unpaired) electrons. The number of aromatic nitrogens is 2. The van der Waals surface area contributed by atoms with Crippen LogP contribution in [0.1, 0.15) is 35.3 Å². The highest BCUT2D eigenvalue weighted by Gasteiger charge is 2.31. The number of hydrogen-bond donors (Lipinski definition) is 1. The Bertz CT molecular complexity index is 1110. The lowest BCUT2D eigenvalue weighted by atomic mass is 9.96. The van der Waals surface area contributed by atoms with Crippen LogP contribution < -0.4 is 5.56 Å². The quantitative estimate of drug-likeness (QED) is 0.618. The van der Waals surface area contributed by atoms with E-state index in [0.717, 1.165) is 43.9 Å². The van der Waals surface area contributed by atoms with Crippen LogP contribution in [0.3, 0.4) is 0 Å². The molecular weight excluding hydrogens is 424 g/mol. The summed E-state index contributed by atoms with van der Waals surface area (Å²) in [5.41, 5.74) is 2.83. The van der Waals surface area contributed by atoms with Crippen molar-refractivity contribution in [2.45, 2.75) is 26.4 Å². The number of rotatable bonds is 6. The molecule has 4 rings (SSSR count). The molecule has 32 heavy (non-hydrogen) atoms. The van der Waals surface area contributed by atoms with Gasteiger partial charge in [-0.15, -0.1) is 0 Å². The first kappa shape index (κ1) is 22.5. The highest BCUT2D eigenvalue weighted by atomic mass is 35.5. The molecule has 3 aromatic rings. The van der Waals surface area contributed by atoms with Crippen molar-refractivity contribution < 1.29 is 5.11 Å². The summed E-state index contributed by atoms with van der Waals surface area (Å²) in [5.74, 6) is 0.0350. The van der Waals surface area contributed by atoms with Crippen molar-refractivity contribution in [2.24, 2.45) is 0 Å². The Morgan fingerprint density at radius 1 is 1.12 bits per heavy atom. The summed E-state index contributed by atoms with van der Waals surface area (Å²) in [6.45, 7) is 8.91. The molecule has 0 bridgehead atoms. The van der Waals surface area contributed by atoms with Gasteiger partial charge in [0.25, 0.3) is 5.56 Å². The number of aryl methyl sites for hydroxylation is 1. The molecule has 0 aliphatic carbocycles. The molecule has 2 aromatic heterocycles. The fourth-order valence-corrected chi connectivity index (χ4v) is 4.57. The van der Waals surface area contributed by atoms with Crippen molar-refractivity contribution in [3.8, 4) is 5.75 Å². The van der Waals surface area contributed by atoms with Crippen LogP contribution in [-0.2, 0) is 6.54 Å². The van der Waals surface area contributed by atoms with Crippen LogP contribution >= 0.6 is 11.6 Å². The predicted octanol–water partition coefficient (Wildman–Crippen LogP) is 3.69. The lowest BCUT2D eigenvalue weighted by Crippen LogP contribution is -2.48. The van der Waals surface area contributed by atoms with Gasteiger partial charge in [-0.2, -0.15) is 0 Å². The maximum atomic E-state index is 13.8. The highest BCUT2D eigenvalue weighted by Crippen LogP contribution is 2.34. The Balaban J connectivity index is 1.80. The average molecular weight is 453 g/mol. The van der Waals surface area contributed by atoms with Gasteiger partial charge in [-0.05, 0) is 48.9 Å². The Labute approximate surface area is 193 Å². The maximum absolute atomic E-state index is 13.8. The first-order chi connectivity index (χ1) is 15.5. The molecule has 7 heteroatoms. The molecule has 1 aliphatic rings. The number of likely N-dealkylation sites (N-methyl/N-ethyl adjacent to an activating group) is 1. The summed E-state index contributed by atoms with van der Waals surface area (Å²) >= 11 is 6.14. The van der Waals surface area contributed by atoms with Gasteiger partial charge in [0.15, 0.2) is 0 Å². The van der Waals surface area contributed by atoms with E-state index in [1.807, 2.05) is 43.3 Å². The zero-order valence-electron chi connectivity index (χ0n) is 18.5. The van der Waals surface area contributed by atoms with Gasteiger partial charge in [0.2, 0.25) is 0 Å². The van der Waals surface area contributed by atoms with Crippen LogP contribution in [0.4, 0.5) is 0 Å². The van der Waals surface area contributed by atoms with Crippen LogP contribution in [0.25, 0.3) is 0 Å². The Kier molecular flexibility index (Phi) is 6.94. The minimum atomic E-state index is -0.348. The van der Waals surface area contributed by atoms with E-state index in [9.17, 15) is 9.90 Å². The Hall–Kier alpha value is -2.67. The maximum Gasteiger partial charge on any atom is 0.259 e. The van der Waals surface area contributed by atoms with Crippen molar-refractivity contribution in [3.05, 3.63) is 92.6 Å². The van der Waals surface area contributed by atoms with Crippen molar-refractivity contribution in [1.29, 1.82) is 0 Å². The molecule has 1 aromatic carbocycles. The molecule has 0 spiro atoms. The van der Waals surface area contributed by atoms with Crippen molar-refractivity contribution in [1.82, 2.24) is 19.4 Å². The third-order valence-corrected chi connectivity index (χ3v) is 6.52. The molecule has 0 saturated carbocycles. The number of hydrogen-bond acceptors (Lipinski definition) is 5. The van der Waals surface area contributed by atoms with Gasteiger partial charge in [-0.3, -0.25) is 14.7 Å². The molecule has 0 unspecified atom stereocenters. The van der Waals surface area contributed by atoms with Crippen molar-refractivity contribution in [3.63, 3.8) is 0 Å². The van der Waals surface area contributed by atoms with E-state index in [1.165, 1.54) is 0 Å². The number of nitrogens with zero attached hydrogens (tertiary/aromatic N) is 4. The third-order valence-electron chi connectivity index (χ3n) is 6.26. The second-order valence-electron chi connectivity index (χ2n) is 8.26. The molecule has 1 N–H and O–H groups in total. The Morgan fingerprint density at radius 3 is 2.47 bits per heavy atom. The van der Waals surface area contributed by atoms with Gasteiger partial charge >= 0.3 is 0 Å². The molecule has 1 fully saturated rings. The zero-order valence-corrected chi connectivity index (χ0v) is 19.3. The van der Waals surface area contributed by atoms with Gasteiger partial charge in [0.05, 0.1) is 18.2 Å². The van der Waals surface area contributed by atoms with E-state index in [2.05, 4.69) is 21.7 Å². The minimum Gasteiger partial charge on any atom is -0.507 e. The van der Waals surface area contributed by atoms with Crippen LogP contribution in [0.5, 0.6) is 5.75 Å². The second-order valence-corrected chi connectivity index (χ2v) is 8.70. The molecule has 1 atom stereocenters. The van der Waals surface area contributed by atoms with Gasteiger partial charge in [-0.1, -0.05) is 36.7 Å². The van der Waals surface area contributed by atoms with Crippen LogP contribution in [0.15, 0.2) is 59.7 Å². The molecule has 168 valence electrons. The molecule has 1 aliphatic heterocycles. The fourth-order valence-electron chi connectivity index (χ4n) is 4.44. The lowest BCUT2D eigenvalue weighted by molar-refractivity contribution is 0.111. The zero-order chi connectivity index (χ0) is 22.7. The van der Waals surface area contributed by atoms with Gasteiger partial charge in [-0.25, -0.2) is 0 Å². The first-order valence-electron chi connectivity index (χ1n) is 11.0. The van der Waals surface area contributed by atoms with Crippen molar-refractivity contribution in [2.75, 3.05) is 32.7 Å². The van der Waals surface area contributed by atoms with E-state index in [0.29, 0.717) is 22.8 Å². The number of benzene rings is 1. The normalized spacial score (nSPS) is 16.2. The van der Waals surface area contributed by atoms with E-state index >= 15 is 0 Å². The third kappa shape index (κ3) is 4.72. The Morgan fingerprint density at radius 2 is 1.84 bits per heavy atom. The van der Waals surface area contributed by atoms with Gasteiger partial charge < -0.3 is 14.6 Å². The minimum absolute atomic E-state index is 0.0350. The van der Waals surface area contributed by atoms with E-state index in [4.69, 9.17) is 11.6 Å². The van der Waals surface area contributed by atoms with E-state index in [1.54, 1.807) is 23.0 Å². The second kappa shape index (κ2) is 9.86. The summed E-state index contributed by atoms with van der Waals surface area (Å²) in [4.78, 5) is 22.6. The number of aromatic hydroxyl groups is 1. The molecule has 0 amide bonds. The average Bonchev–Trinajstić information content (AvgIpc) is 2.81. The summed E-state index contributed by atoms with van der Waals surface area (Å²) in [6, 6.07) is 12.7. The molecule has 6 nitrogen and oxygen atoms in total. The fraction of sp³-hybridized carbons (Fsp3) is 0.360. The van der Waals surface area contributed by atoms with Crippen LogP contribution in [0, 0.1) is 6.92 Å². The summed E-state index contributed by atoms with van der Waals surface area (Å²) in [7, 11) is 0. The summed E-state index contributed by atoms with van der Waals surface area (Å²) in [5, 5.41) is 11.6. The lowest BCUT2D eigenvalue weighted by Gasteiger charge is -2.39. The number of pyridine rings is 2. The predicted molar refractivity (Wildman–Crippen MR) is 127 cm³/mol. The SMILES string of the molecule is CCN1CCN([C@@H](c2ccc(Cl)cc2)c2c(O)cc(C)n(Cc3cccnc3)c2=O)CC1. The van der Waals surface area contributed by atoms with Gasteiger partial charge in [0, 0.05) is 49.3 Å².